The average molecular weight is 331 g/mol. The maximum atomic E-state index is 4.38. The van der Waals surface area contributed by atoms with E-state index in [0.29, 0.717) is 0 Å². The van der Waals surface area contributed by atoms with E-state index in [4.69, 9.17) is 0 Å². The minimum Gasteiger partial charge on any atom is -0.372 e. The maximum absolute atomic E-state index is 4.38. The standard InChI is InChI=1S/C22H25N3/c1-2-4-19(5-3-1)24-12-10-17(11-13-24)14-22-21(18-6-7-18)9-8-20-15-23-16-25(20)22/h1-5,8-9,15-18H,6-7,10-14H2. The lowest BCUT2D eigenvalue weighted by Gasteiger charge is -2.34. The third-order valence-corrected chi connectivity index (χ3v) is 5.96. The monoisotopic (exact) mass is 331 g/mol. The van der Waals surface area contributed by atoms with Crippen molar-refractivity contribution in [2.24, 2.45) is 5.92 Å². The zero-order valence-electron chi connectivity index (χ0n) is 14.6. The number of anilines is 1. The zero-order valence-corrected chi connectivity index (χ0v) is 14.6. The van der Waals surface area contributed by atoms with Gasteiger partial charge in [-0.2, -0.15) is 0 Å². The van der Waals surface area contributed by atoms with Crippen molar-refractivity contribution in [1.82, 2.24) is 9.38 Å². The summed E-state index contributed by atoms with van der Waals surface area (Å²) in [6.07, 6.45) is 10.5. The minimum absolute atomic E-state index is 0.783. The molecule has 0 N–H and O–H groups in total. The van der Waals surface area contributed by atoms with E-state index in [1.165, 1.54) is 62.1 Å². The van der Waals surface area contributed by atoms with Crippen molar-refractivity contribution in [1.29, 1.82) is 0 Å². The third-order valence-electron chi connectivity index (χ3n) is 5.96. The first-order valence-corrected chi connectivity index (χ1v) is 9.62. The number of hydrogen-bond donors (Lipinski definition) is 0. The van der Waals surface area contributed by atoms with E-state index in [1.807, 2.05) is 12.5 Å². The van der Waals surface area contributed by atoms with Gasteiger partial charge >= 0.3 is 0 Å². The molecule has 1 aromatic carbocycles. The summed E-state index contributed by atoms with van der Waals surface area (Å²) in [5, 5.41) is 0. The number of pyridine rings is 1. The molecule has 1 aliphatic heterocycles. The maximum Gasteiger partial charge on any atom is 0.0994 e. The van der Waals surface area contributed by atoms with E-state index in [9.17, 15) is 0 Å². The van der Waals surface area contributed by atoms with Gasteiger partial charge in [-0.15, -0.1) is 0 Å². The molecule has 0 amide bonds. The van der Waals surface area contributed by atoms with E-state index in [-0.39, 0.29) is 0 Å². The predicted octanol–water partition coefficient (Wildman–Crippen LogP) is 4.67. The SMILES string of the molecule is c1ccc(N2CCC(Cc3c(C4CC4)ccc4cncn34)CC2)cc1. The summed E-state index contributed by atoms with van der Waals surface area (Å²) in [6.45, 7) is 2.35. The van der Waals surface area contributed by atoms with Gasteiger partial charge < -0.3 is 9.30 Å². The van der Waals surface area contributed by atoms with E-state index in [1.54, 1.807) is 5.56 Å². The Morgan fingerprint density at radius 2 is 1.72 bits per heavy atom. The van der Waals surface area contributed by atoms with Gasteiger partial charge in [0.25, 0.3) is 0 Å². The topological polar surface area (TPSA) is 20.5 Å². The number of imidazole rings is 1. The van der Waals surface area contributed by atoms with Gasteiger partial charge in [0.1, 0.15) is 0 Å². The molecule has 128 valence electrons. The van der Waals surface area contributed by atoms with Crippen LogP contribution in [0.3, 0.4) is 0 Å². The summed E-state index contributed by atoms with van der Waals surface area (Å²) < 4.78 is 2.34. The lowest BCUT2D eigenvalue weighted by Crippen LogP contribution is -2.34. The highest BCUT2D eigenvalue weighted by atomic mass is 15.1. The average Bonchev–Trinajstić information content (AvgIpc) is 3.39. The number of aromatic nitrogens is 2. The van der Waals surface area contributed by atoms with Crippen LogP contribution in [-0.2, 0) is 6.42 Å². The molecule has 0 spiro atoms. The van der Waals surface area contributed by atoms with Crippen molar-refractivity contribution in [3.63, 3.8) is 0 Å². The predicted molar refractivity (Wildman–Crippen MR) is 102 cm³/mol. The molecular formula is C22H25N3. The molecule has 25 heavy (non-hydrogen) atoms. The van der Waals surface area contributed by atoms with Crippen LogP contribution in [0.4, 0.5) is 5.69 Å². The van der Waals surface area contributed by atoms with Crippen LogP contribution in [0.25, 0.3) is 5.52 Å². The Morgan fingerprint density at radius 1 is 0.920 bits per heavy atom. The number of para-hydroxylation sites is 1. The largest absolute Gasteiger partial charge is 0.372 e. The fourth-order valence-electron chi connectivity index (χ4n) is 4.35. The second kappa shape index (κ2) is 6.21. The summed E-state index contributed by atoms with van der Waals surface area (Å²) in [7, 11) is 0. The second-order valence-electron chi connectivity index (χ2n) is 7.67. The molecule has 1 saturated carbocycles. The Bertz CT molecular complexity index is 855. The first-order chi connectivity index (χ1) is 12.4. The van der Waals surface area contributed by atoms with Crippen LogP contribution in [0.2, 0.25) is 0 Å². The molecule has 1 aliphatic carbocycles. The van der Waals surface area contributed by atoms with Gasteiger partial charge in [0, 0.05) is 24.5 Å². The van der Waals surface area contributed by atoms with Gasteiger partial charge in [0.05, 0.1) is 18.0 Å². The Labute approximate surface area is 149 Å². The van der Waals surface area contributed by atoms with Gasteiger partial charge in [-0.25, -0.2) is 4.98 Å². The Morgan fingerprint density at radius 3 is 2.48 bits per heavy atom. The molecule has 2 aromatic heterocycles. The van der Waals surface area contributed by atoms with Crippen LogP contribution in [0, 0.1) is 5.92 Å². The summed E-state index contributed by atoms with van der Waals surface area (Å²) in [5.74, 6) is 1.58. The molecule has 1 saturated heterocycles. The zero-order chi connectivity index (χ0) is 16.6. The first kappa shape index (κ1) is 15.0. The Balaban J connectivity index is 1.34. The highest BCUT2D eigenvalue weighted by Gasteiger charge is 2.29. The van der Waals surface area contributed by atoms with Crippen LogP contribution in [-0.4, -0.2) is 22.5 Å². The van der Waals surface area contributed by atoms with Gasteiger partial charge in [0.15, 0.2) is 0 Å². The van der Waals surface area contributed by atoms with E-state index >= 15 is 0 Å². The summed E-state index contributed by atoms with van der Waals surface area (Å²) >= 11 is 0. The summed E-state index contributed by atoms with van der Waals surface area (Å²) in [6, 6.07) is 15.5. The molecule has 5 rings (SSSR count). The normalized spacial score (nSPS) is 18.8. The smallest absolute Gasteiger partial charge is 0.0994 e. The lowest BCUT2D eigenvalue weighted by atomic mass is 9.89. The third kappa shape index (κ3) is 2.92. The number of benzene rings is 1. The van der Waals surface area contributed by atoms with Crippen molar-refractivity contribution >= 4 is 11.2 Å². The molecule has 2 fully saturated rings. The van der Waals surface area contributed by atoms with Crippen LogP contribution in [0.1, 0.15) is 42.9 Å². The number of piperidine rings is 1. The van der Waals surface area contributed by atoms with Crippen LogP contribution >= 0.6 is 0 Å². The molecule has 0 atom stereocenters. The van der Waals surface area contributed by atoms with Gasteiger partial charge in [-0.05, 0) is 67.7 Å². The van der Waals surface area contributed by atoms with Crippen molar-refractivity contribution in [2.45, 2.75) is 38.0 Å². The fourth-order valence-corrected chi connectivity index (χ4v) is 4.35. The van der Waals surface area contributed by atoms with Crippen molar-refractivity contribution in [3.05, 3.63) is 66.2 Å². The summed E-state index contributed by atoms with van der Waals surface area (Å²) in [5.41, 5.74) is 5.71. The Hall–Kier alpha value is -2.29. The highest BCUT2D eigenvalue weighted by molar-refractivity contribution is 5.50. The van der Waals surface area contributed by atoms with Gasteiger partial charge in [-0.1, -0.05) is 24.3 Å². The van der Waals surface area contributed by atoms with Crippen molar-refractivity contribution in [2.75, 3.05) is 18.0 Å². The van der Waals surface area contributed by atoms with Gasteiger partial charge in [0.2, 0.25) is 0 Å². The van der Waals surface area contributed by atoms with E-state index in [0.717, 1.165) is 11.8 Å². The fraction of sp³-hybridized carbons (Fsp3) is 0.409. The number of nitrogens with zero attached hydrogens (tertiary/aromatic N) is 3. The molecule has 3 heterocycles. The van der Waals surface area contributed by atoms with Gasteiger partial charge in [-0.3, -0.25) is 0 Å². The van der Waals surface area contributed by atoms with E-state index in [2.05, 4.69) is 56.7 Å². The number of fused-ring (bicyclic) bond motifs is 1. The highest BCUT2D eigenvalue weighted by Crippen LogP contribution is 2.42. The number of hydrogen-bond acceptors (Lipinski definition) is 2. The quantitative estimate of drug-likeness (QED) is 0.692. The summed E-state index contributed by atoms with van der Waals surface area (Å²) in [4.78, 5) is 6.92. The molecule has 3 aromatic rings. The van der Waals surface area contributed by atoms with E-state index < -0.39 is 0 Å². The van der Waals surface area contributed by atoms with Crippen LogP contribution in [0.5, 0.6) is 0 Å². The van der Waals surface area contributed by atoms with Crippen LogP contribution in [0.15, 0.2) is 55.0 Å². The van der Waals surface area contributed by atoms with Crippen molar-refractivity contribution in [3.8, 4) is 0 Å². The molecule has 0 radical (unpaired) electrons. The second-order valence-corrected chi connectivity index (χ2v) is 7.67. The van der Waals surface area contributed by atoms with Crippen molar-refractivity contribution < 1.29 is 0 Å². The molecule has 3 nitrogen and oxygen atoms in total. The minimum atomic E-state index is 0.783. The molecular weight excluding hydrogens is 306 g/mol. The number of rotatable bonds is 4. The molecule has 0 bridgehead atoms. The Kier molecular flexibility index (Phi) is 3.73. The molecule has 2 aliphatic rings. The van der Waals surface area contributed by atoms with Crippen LogP contribution < -0.4 is 4.90 Å². The molecule has 3 heteroatoms. The molecule has 0 unspecified atom stereocenters. The first-order valence-electron chi connectivity index (χ1n) is 9.62. The lowest BCUT2D eigenvalue weighted by molar-refractivity contribution is 0.398.